The van der Waals surface area contributed by atoms with Gasteiger partial charge in [-0.3, -0.25) is 4.90 Å². The zero-order valence-electron chi connectivity index (χ0n) is 12.9. The fraction of sp³-hybridized carbons (Fsp3) is 0.471. The summed E-state index contributed by atoms with van der Waals surface area (Å²) in [6.45, 7) is 3.04. The van der Waals surface area contributed by atoms with E-state index in [2.05, 4.69) is 18.9 Å². The first-order valence-electron chi connectivity index (χ1n) is 7.29. The van der Waals surface area contributed by atoms with Gasteiger partial charge >= 0.3 is 5.97 Å². The van der Waals surface area contributed by atoms with Crippen molar-refractivity contribution in [3.8, 4) is 5.75 Å². The van der Waals surface area contributed by atoms with E-state index >= 15 is 0 Å². The van der Waals surface area contributed by atoms with Gasteiger partial charge in [-0.1, -0.05) is 6.07 Å². The zero-order chi connectivity index (χ0) is 15.4. The molecule has 2 rings (SSSR count). The molecule has 1 unspecified atom stereocenters. The molecule has 0 spiro atoms. The Balaban J connectivity index is 2.19. The number of hydrogen-bond donors (Lipinski definition) is 1. The molecule has 21 heavy (non-hydrogen) atoms. The molecule has 0 saturated heterocycles. The Hall–Kier alpha value is -1.81. The number of hydrogen-bond acceptors (Lipinski definition) is 3. The van der Waals surface area contributed by atoms with Gasteiger partial charge in [0.25, 0.3) is 0 Å². The van der Waals surface area contributed by atoms with Crippen molar-refractivity contribution in [1.82, 2.24) is 4.90 Å². The van der Waals surface area contributed by atoms with Crippen LogP contribution in [0.1, 0.15) is 30.9 Å². The van der Waals surface area contributed by atoms with Crippen LogP contribution in [0.2, 0.25) is 0 Å². The third-order valence-corrected chi connectivity index (χ3v) is 4.17. The summed E-state index contributed by atoms with van der Waals surface area (Å²) in [5.74, 6) is 0.667. The van der Waals surface area contributed by atoms with Crippen LogP contribution < -0.4 is 4.74 Å². The molecule has 0 heterocycles. The van der Waals surface area contributed by atoms with Crippen LogP contribution >= 0.6 is 0 Å². The summed E-state index contributed by atoms with van der Waals surface area (Å²) in [4.78, 5) is 13.0. The highest BCUT2D eigenvalue weighted by Crippen LogP contribution is 2.35. The van der Waals surface area contributed by atoms with E-state index in [1.165, 1.54) is 18.9 Å². The second kappa shape index (κ2) is 6.76. The number of aliphatic carboxylic acids is 1. The summed E-state index contributed by atoms with van der Waals surface area (Å²) in [5.41, 5.74) is 2.01. The fourth-order valence-electron chi connectivity index (χ4n) is 2.52. The van der Waals surface area contributed by atoms with Crippen LogP contribution in [0.15, 0.2) is 24.3 Å². The van der Waals surface area contributed by atoms with Crippen molar-refractivity contribution in [3.05, 3.63) is 35.4 Å². The second-order valence-electron chi connectivity index (χ2n) is 5.73. The first-order chi connectivity index (χ1) is 10.0. The van der Waals surface area contributed by atoms with Crippen molar-refractivity contribution in [2.24, 2.45) is 5.92 Å². The average Bonchev–Trinajstić information content (AvgIpc) is 3.29. The second-order valence-corrected chi connectivity index (χ2v) is 5.73. The van der Waals surface area contributed by atoms with Crippen molar-refractivity contribution in [1.29, 1.82) is 0 Å². The van der Waals surface area contributed by atoms with Crippen LogP contribution in [0.4, 0.5) is 0 Å². The van der Waals surface area contributed by atoms with Gasteiger partial charge in [-0.25, -0.2) is 4.79 Å². The van der Waals surface area contributed by atoms with Gasteiger partial charge < -0.3 is 9.84 Å². The molecule has 114 valence electrons. The van der Waals surface area contributed by atoms with Crippen LogP contribution in [0, 0.1) is 5.92 Å². The number of methoxy groups -OCH3 is 1. The summed E-state index contributed by atoms with van der Waals surface area (Å²) in [5, 5.41) is 8.80. The highest BCUT2D eigenvalue weighted by Gasteiger charge is 2.30. The normalized spacial score (nSPS) is 16.4. The lowest BCUT2D eigenvalue weighted by Gasteiger charge is -2.25. The Morgan fingerprint density at radius 2 is 2.24 bits per heavy atom. The summed E-state index contributed by atoms with van der Waals surface area (Å²) >= 11 is 0. The fourth-order valence-corrected chi connectivity index (χ4v) is 2.52. The van der Waals surface area contributed by atoms with Crippen molar-refractivity contribution < 1.29 is 14.6 Å². The van der Waals surface area contributed by atoms with E-state index in [1.54, 1.807) is 13.2 Å². The minimum Gasteiger partial charge on any atom is -0.497 e. The number of carbonyl (C=O) groups is 1. The molecular weight excluding hydrogens is 266 g/mol. The van der Waals surface area contributed by atoms with Gasteiger partial charge in [0.05, 0.1) is 7.11 Å². The lowest BCUT2D eigenvalue weighted by Crippen LogP contribution is -2.30. The molecule has 0 aromatic heterocycles. The quantitative estimate of drug-likeness (QED) is 0.784. The molecule has 1 N–H and O–H groups in total. The van der Waals surface area contributed by atoms with Crippen LogP contribution in [-0.4, -0.2) is 36.2 Å². The standard InChI is InChI=1S/C17H23NO3/c1-12(13-4-5-13)18(2)11-15-10-16(21-3)8-6-14(15)7-9-17(19)20/h6-10,12-13H,4-5,11H2,1-3H3,(H,19,20). The minimum atomic E-state index is -0.934. The van der Waals surface area contributed by atoms with Crippen LogP contribution in [0.5, 0.6) is 5.75 Å². The molecule has 0 radical (unpaired) electrons. The summed E-state index contributed by atoms with van der Waals surface area (Å²) in [7, 11) is 3.76. The van der Waals surface area contributed by atoms with Crippen molar-refractivity contribution in [2.45, 2.75) is 32.4 Å². The molecule has 1 aromatic carbocycles. The number of nitrogens with zero attached hydrogens (tertiary/aromatic N) is 1. The molecule has 4 nitrogen and oxygen atoms in total. The van der Waals surface area contributed by atoms with Crippen molar-refractivity contribution >= 4 is 12.0 Å². The number of carboxylic acids is 1. The molecular formula is C17H23NO3. The molecule has 1 aromatic rings. The van der Waals surface area contributed by atoms with E-state index in [9.17, 15) is 4.79 Å². The number of benzene rings is 1. The molecule has 1 saturated carbocycles. The maximum absolute atomic E-state index is 10.7. The van der Waals surface area contributed by atoms with Crippen LogP contribution in [-0.2, 0) is 11.3 Å². The van der Waals surface area contributed by atoms with Gasteiger partial charge in [0.1, 0.15) is 5.75 Å². The molecule has 4 heteroatoms. The topological polar surface area (TPSA) is 49.8 Å². The van der Waals surface area contributed by atoms with Crippen molar-refractivity contribution in [2.75, 3.05) is 14.2 Å². The lowest BCUT2D eigenvalue weighted by atomic mass is 10.0. The highest BCUT2D eigenvalue weighted by atomic mass is 16.5. The van der Waals surface area contributed by atoms with E-state index in [-0.39, 0.29) is 0 Å². The molecule has 0 bridgehead atoms. The highest BCUT2D eigenvalue weighted by molar-refractivity contribution is 5.85. The first-order valence-corrected chi connectivity index (χ1v) is 7.29. The monoisotopic (exact) mass is 289 g/mol. The zero-order valence-corrected chi connectivity index (χ0v) is 12.9. The summed E-state index contributed by atoms with van der Waals surface area (Å²) in [6.07, 6.45) is 5.45. The maximum atomic E-state index is 10.7. The lowest BCUT2D eigenvalue weighted by molar-refractivity contribution is -0.131. The van der Waals surface area contributed by atoms with Gasteiger partial charge in [-0.15, -0.1) is 0 Å². The van der Waals surface area contributed by atoms with E-state index in [1.807, 2.05) is 18.2 Å². The van der Waals surface area contributed by atoms with Crippen LogP contribution in [0.3, 0.4) is 0 Å². The molecule has 1 fully saturated rings. The summed E-state index contributed by atoms with van der Waals surface area (Å²) in [6, 6.07) is 6.29. The van der Waals surface area contributed by atoms with Gasteiger partial charge in [0.15, 0.2) is 0 Å². The Morgan fingerprint density at radius 3 is 2.81 bits per heavy atom. The third-order valence-electron chi connectivity index (χ3n) is 4.17. The molecule has 1 atom stereocenters. The minimum absolute atomic E-state index is 0.549. The van der Waals surface area contributed by atoms with E-state index in [4.69, 9.17) is 9.84 Å². The summed E-state index contributed by atoms with van der Waals surface area (Å²) < 4.78 is 5.28. The number of carboxylic acid groups (broad SMARTS) is 1. The van der Waals surface area contributed by atoms with Crippen molar-refractivity contribution in [3.63, 3.8) is 0 Å². The molecule has 0 amide bonds. The van der Waals surface area contributed by atoms with E-state index in [0.717, 1.165) is 29.3 Å². The molecule has 1 aliphatic carbocycles. The average molecular weight is 289 g/mol. The largest absolute Gasteiger partial charge is 0.497 e. The maximum Gasteiger partial charge on any atom is 0.328 e. The van der Waals surface area contributed by atoms with Crippen LogP contribution in [0.25, 0.3) is 6.08 Å². The SMILES string of the molecule is COc1ccc(C=CC(=O)O)c(CN(C)C(C)C2CC2)c1. The van der Waals surface area contributed by atoms with E-state index < -0.39 is 5.97 Å². The predicted molar refractivity (Wildman–Crippen MR) is 83.3 cm³/mol. The molecule has 0 aliphatic heterocycles. The Labute approximate surface area is 126 Å². The number of rotatable bonds is 7. The van der Waals surface area contributed by atoms with Gasteiger partial charge in [0.2, 0.25) is 0 Å². The molecule has 1 aliphatic rings. The van der Waals surface area contributed by atoms with Gasteiger partial charge in [0, 0.05) is 18.7 Å². The van der Waals surface area contributed by atoms with Gasteiger partial charge in [-0.05, 0) is 62.1 Å². The Morgan fingerprint density at radius 1 is 1.52 bits per heavy atom. The van der Waals surface area contributed by atoms with E-state index in [0.29, 0.717) is 6.04 Å². The predicted octanol–water partition coefficient (Wildman–Crippen LogP) is 3.02. The first kappa shape index (κ1) is 15.6. The smallest absolute Gasteiger partial charge is 0.328 e. The third kappa shape index (κ3) is 4.33. The van der Waals surface area contributed by atoms with Gasteiger partial charge in [-0.2, -0.15) is 0 Å². The Bertz CT molecular complexity index is 535. The number of ether oxygens (including phenoxy) is 1. The Kier molecular flexibility index (Phi) is 5.02.